The van der Waals surface area contributed by atoms with Crippen molar-refractivity contribution in [2.75, 3.05) is 11.9 Å². The summed E-state index contributed by atoms with van der Waals surface area (Å²) >= 11 is 1.36. The van der Waals surface area contributed by atoms with Crippen molar-refractivity contribution < 1.29 is 23.5 Å². The summed E-state index contributed by atoms with van der Waals surface area (Å²) in [5.74, 6) is -1.60. The van der Waals surface area contributed by atoms with Gasteiger partial charge in [0.1, 0.15) is 10.6 Å². The molecule has 0 atom stereocenters. The third-order valence-corrected chi connectivity index (χ3v) is 6.14. The Morgan fingerprint density at radius 3 is 2.90 bits per heavy atom. The Morgan fingerprint density at radius 1 is 1.28 bits per heavy atom. The summed E-state index contributed by atoms with van der Waals surface area (Å²) in [6.07, 6.45) is 4.17. The van der Waals surface area contributed by atoms with E-state index in [4.69, 9.17) is 14.9 Å². The zero-order valence-electron chi connectivity index (χ0n) is 15.9. The number of amides is 2. The highest BCUT2D eigenvalue weighted by molar-refractivity contribution is 7.17. The molecule has 0 unspecified atom stereocenters. The number of fused-ring (bicyclic) bond motifs is 2. The molecular formula is C21H20N2O5S. The lowest BCUT2D eigenvalue weighted by Crippen LogP contribution is -2.23. The maximum Gasteiger partial charge on any atom is 0.310 e. The predicted molar refractivity (Wildman–Crippen MR) is 109 cm³/mol. The Morgan fingerprint density at radius 2 is 2.10 bits per heavy atom. The van der Waals surface area contributed by atoms with Crippen molar-refractivity contribution >= 4 is 45.1 Å². The molecule has 3 aromatic rings. The van der Waals surface area contributed by atoms with Crippen LogP contribution in [0.15, 0.2) is 28.9 Å². The van der Waals surface area contributed by atoms with Crippen LogP contribution >= 0.6 is 11.3 Å². The lowest BCUT2D eigenvalue weighted by Gasteiger charge is -2.07. The lowest BCUT2D eigenvalue weighted by molar-refractivity contribution is -0.146. The molecule has 0 bridgehead atoms. The van der Waals surface area contributed by atoms with Crippen LogP contribution in [0.2, 0.25) is 0 Å². The summed E-state index contributed by atoms with van der Waals surface area (Å²) in [5, 5.41) is 3.93. The molecule has 1 aliphatic carbocycles. The number of rotatable bonds is 6. The molecule has 0 spiro atoms. The molecule has 0 radical (unpaired) electrons. The summed E-state index contributed by atoms with van der Waals surface area (Å²) in [7, 11) is 0. The third-order valence-electron chi connectivity index (χ3n) is 4.93. The largest absolute Gasteiger partial charge is 0.464 e. The van der Waals surface area contributed by atoms with E-state index in [1.165, 1.54) is 17.6 Å². The molecular weight excluding hydrogens is 392 g/mol. The van der Waals surface area contributed by atoms with Crippen molar-refractivity contribution in [3.63, 3.8) is 0 Å². The van der Waals surface area contributed by atoms with Crippen molar-refractivity contribution in [3.05, 3.63) is 51.6 Å². The van der Waals surface area contributed by atoms with Gasteiger partial charge in [0.15, 0.2) is 6.61 Å². The molecule has 29 heavy (non-hydrogen) atoms. The molecule has 0 fully saturated rings. The molecule has 1 aliphatic rings. The molecule has 3 N–H and O–H groups in total. The van der Waals surface area contributed by atoms with Crippen LogP contribution in [0.1, 0.15) is 38.3 Å². The zero-order chi connectivity index (χ0) is 20.5. The van der Waals surface area contributed by atoms with Gasteiger partial charge < -0.3 is 20.2 Å². The molecule has 7 nitrogen and oxygen atoms in total. The van der Waals surface area contributed by atoms with Crippen LogP contribution in [-0.2, 0) is 33.6 Å². The molecule has 0 aliphatic heterocycles. The van der Waals surface area contributed by atoms with E-state index in [1.807, 2.05) is 25.1 Å². The zero-order valence-corrected chi connectivity index (χ0v) is 16.7. The number of hydrogen-bond donors (Lipinski definition) is 2. The highest BCUT2D eigenvalue weighted by Crippen LogP contribution is 2.38. The van der Waals surface area contributed by atoms with Crippen molar-refractivity contribution in [2.24, 2.45) is 5.73 Å². The van der Waals surface area contributed by atoms with Crippen LogP contribution in [0.25, 0.3) is 11.0 Å². The van der Waals surface area contributed by atoms with E-state index in [0.717, 1.165) is 40.7 Å². The highest BCUT2D eigenvalue weighted by atomic mass is 32.1. The topological polar surface area (TPSA) is 112 Å². The summed E-state index contributed by atoms with van der Waals surface area (Å²) in [5.41, 5.74) is 9.26. The average Bonchev–Trinajstić information content (AvgIpc) is 3.34. The number of esters is 1. The number of anilines is 1. The van der Waals surface area contributed by atoms with Crippen molar-refractivity contribution in [1.82, 2.24) is 0 Å². The Kier molecular flexibility index (Phi) is 5.10. The first-order valence-corrected chi connectivity index (χ1v) is 10.1. The predicted octanol–water partition coefficient (Wildman–Crippen LogP) is 3.11. The number of thiophene rings is 1. The van der Waals surface area contributed by atoms with Gasteiger partial charge >= 0.3 is 5.97 Å². The van der Waals surface area contributed by atoms with E-state index in [9.17, 15) is 14.4 Å². The minimum absolute atomic E-state index is 0.00315. The monoisotopic (exact) mass is 412 g/mol. The van der Waals surface area contributed by atoms with Crippen LogP contribution < -0.4 is 11.1 Å². The number of furan rings is 1. The van der Waals surface area contributed by atoms with Gasteiger partial charge in [-0.2, -0.15) is 0 Å². The minimum Gasteiger partial charge on any atom is -0.464 e. The molecule has 4 rings (SSSR count). The molecule has 2 heterocycles. The third kappa shape index (κ3) is 3.88. The number of ether oxygens (including phenoxy) is 1. The second-order valence-corrected chi connectivity index (χ2v) is 8.18. The fourth-order valence-electron chi connectivity index (χ4n) is 3.60. The summed E-state index contributed by atoms with van der Waals surface area (Å²) in [6, 6.07) is 5.73. The van der Waals surface area contributed by atoms with Gasteiger partial charge in [0, 0.05) is 15.8 Å². The number of primary amides is 1. The van der Waals surface area contributed by atoms with Crippen LogP contribution in [0.5, 0.6) is 0 Å². The first-order valence-electron chi connectivity index (χ1n) is 9.29. The van der Waals surface area contributed by atoms with Gasteiger partial charge in [-0.3, -0.25) is 14.4 Å². The number of aryl methyl sites for hydroxylation is 2. The maximum absolute atomic E-state index is 12.2. The van der Waals surface area contributed by atoms with E-state index in [2.05, 4.69) is 5.32 Å². The van der Waals surface area contributed by atoms with Crippen molar-refractivity contribution in [3.8, 4) is 0 Å². The second-order valence-electron chi connectivity index (χ2n) is 7.07. The molecule has 0 saturated carbocycles. The van der Waals surface area contributed by atoms with E-state index in [-0.39, 0.29) is 6.42 Å². The van der Waals surface area contributed by atoms with Gasteiger partial charge in [-0.15, -0.1) is 11.3 Å². The van der Waals surface area contributed by atoms with Crippen LogP contribution in [0.3, 0.4) is 0 Å². The fraction of sp³-hybridized carbons (Fsp3) is 0.286. The Hall–Kier alpha value is -3.13. The van der Waals surface area contributed by atoms with Crippen LogP contribution in [0, 0.1) is 6.92 Å². The Balaban J connectivity index is 1.36. The van der Waals surface area contributed by atoms with Gasteiger partial charge in [0.2, 0.25) is 0 Å². The van der Waals surface area contributed by atoms with Crippen LogP contribution in [0.4, 0.5) is 5.00 Å². The summed E-state index contributed by atoms with van der Waals surface area (Å²) in [6.45, 7) is 1.52. The molecule has 2 amide bonds. The van der Waals surface area contributed by atoms with E-state index in [1.54, 1.807) is 0 Å². The molecule has 1 aromatic carbocycles. The lowest BCUT2D eigenvalue weighted by atomic mass is 10.1. The maximum atomic E-state index is 12.2. The first kappa shape index (κ1) is 19.2. The standard InChI is InChI=1S/C21H20N2O5S/c1-11-5-6-13-12(9-27-15(13)7-11)8-18(25)28-10-17(24)23-21-19(20(22)26)14-3-2-4-16(14)29-21/h5-7,9H,2-4,8,10H2,1H3,(H2,22,26)(H,23,24). The highest BCUT2D eigenvalue weighted by Gasteiger charge is 2.26. The SMILES string of the molecule is Cc1ccc2c(CC(=O)OCC(=O)Nc3sc4c(c3C(N)=O)CCC4)coc2c1. The second kappa shape index (κ2) is 7.71. The summed E-state index contributed by atoms with van der Waals surface area (Å²) < 4.78 is 10.6. The molecule has 2 aromatic heterocycles. The number of carbonyl (C=O) groups excluding carboxylic acids is 3. The molecule has 8 heteroatoms. The summed E-state index contributed by atoms with van der Waals surface area (Å²) in [4.78, 5) is 37.2. The van der Waals surface area contributed by atoms with E-state index in [0.29, 0.717) is 21.7 Å². The molecule has 150 valence electrons. The Bertz CT molecular complexity index is 1130. The van der Waals surface area contributed by atoms with Gasteiger partial charge in [-0.25, -0.2) is 0 Å². The van der Waals surface area contributed by atoms with Crippen molar-refractivity contribution in [1.29, 1.82) is 0 Å². The van der Waals surface area contributed by atoms with Gasteiger partial charge in [-0.05, 0) is 43.4 Å². The normalized spacial score (nSPS) is 12.7. The number of nitrogens with one attached hydrogen (secondary N) is 1. The number of hydrogen-bond acceptors (Lipinski definition) is 6. The number of carbonyl (C=O) groups is 3. The minimum atomic E-state index is -0.557. The van der Waals surface area contributed by atoms with Crippen LogP contribution in [-0.4, -0.2) is 24.4 Å². The first-order chi connectivity index (χ1) is 13.9. The fourth-order valence-corrected chi connectivity index (χ4v) is 4.91. The number of nitrogens with two attached hydrogens (primary N) is 1. The number of benzene rings is 1. The van der Waals surface area contributed by atoms with Crippen molar-refractivity contribution in [2.45, 2.75) is 32.6 Å². The smallest absolute Gasteiger partial charge is 0.310 e. The van der Waals surface area contributed by atoms with E-state index < -0.39 is 24.4 Å². The molecule has 0 saturated heterocycles. The van der Waals surface area contributed by atoms with Gasteiger partial charge in [0.05, 0.1) is 18.2 Å². The van der Waals surface area contributed by atoms with E-state index >= 15 is 0 Å². The quantitative estimate of drug-likeness (QED) is 0.604. The van der Waals surface area contributed by atoms with Gasteiger partial charge in [-0.1, -0.05) is 12.1 Å². The average molecular weight is 412 g/mol. The Labute approximate surface area is 170 Å². The van der Waals surface area contributed by atoms with Gasteiger partial charge in [0.25, 0.3) is 11.8 Å².